The summed E-state index contributed by atoms with van der Waals surface area (Å²) in [5, 5.41) is 12.5. The van der Waals surface area contributed by atoms with Crippen LogP contribution in [-0.4, -0.2) is 11.0 Å². The van der Waals surface area contributed by atoms with Crippen molar-refractivity contribution in [3.8, 4) is 0 Å². The van der Waals surface area contributed by atoms with E-state index in [0.29, 0.717) is 23.6 Å². The van der Waals surface area contributed by atoms with Crippen LogP contribution in [0.1, 0.15) is 17.5 Å². The van der Waals surface area contributed by atoms with Crippen LogP contribution in [0.25, 0.3) is 0 Å². The molecule has 0 heterocycles. The number of amides is 1. The van der Waals surface area contributed by atoms with E-state index in [0.717, 1.165) is 11.1 Å². The van der Waals surface area contributed by atoms with Gasteiger partial charge < -0.3 is 10.4 Å². The molecule has 20 heavy (non-hydrogen) atoms. The van der Waals surface area contributed by atoms with Crippen molar-refractivity contribution in [2.75, 3.05) is 5.32 Å². The number of nitrogens with one attached hydrogen (secondary N) is 1. The van der Waals surface area contributed by atoms with Crippen molar-refractivity contribution < 1.29 is 9.90 Å². The summed E-state index contributed by atoms with van der Waals surface area (Å²) in [6, 6.07) is 14.7. The smallest absolute Gasteiger partial charge is 0.224 e. The summed E-state index contributed by atoms with van der Waals surface area (Å²) in [4.78, 5) is 11.9. The van der Waals surface area contributed by atoms with Crippen LogP contribution in [0.4, 0.5) is 5.69 Å². The normalized spacial score (nSPS) is 10.3. The molecule has 0 unspecified atom stereocenters. The molecule has 0 aliphatic heterocycles. The Morgan fingerprint density at radius 3 is 2.60 bits per heavy atom. The van der Waals surface area contributed by atoms with E-state index in [4.69, 9.17) is 16.7 Å². The third kappa shape index (κ3) is 4.37. The lowest BCUT2D eigenvalue weighted by atomic mass is 10.1. The van der Waals surface area contributed by atoms with E-state index in [-0.39, 0.29) is 12.5 Å². The van der Waals surface area contributed by atoms with Gasteiger partial charge in [0.15, 0.2) is 0 Å². The summed E-state index contributed by atoms with van der Waals surface area (Å²) in [5.74, 6) is -0.0555. The Labute approximate surface area is 123 Å². The number of carbonyl (C=O) groups is 1. The molecule has 0 aliphatic carbocycles. The fourth-order valence-electron chi connectivity index (χ4n) is 1.92. The highest BCUT2D eigenvalue weighted by molar-refractivity contribution is 6.30. The van der Waals surface area contributed by atoms with Crippen LogP contribution in [0.2, 0.25) is 5.02 Å². The summed E-state index contributed by atoms with van der Waals surface area (Å²) in [7, 11) is 0. The molecule has 2 aromatic carbocycles. The molecule has 0 saturated carbocycles. The summed E-state index contributed by atoms with van der Waals surface area (Å²) < 4.78 is 0. The maximum absolute atomic E-state index is 11.9. The van der Waals surface area contributed by atoms with Gasteiger partial charge in [-0.3, -0.25) is 4.79 Å². The predicted octanol–water partition coefficient (Wildman–Crippen LogP) is 3.40. The Morgan fingerprint density at radius 1 is 1.10 bits per heavy atom. The number of hydrogen-bond donors (Lipinski definition) is 2. The molecule has 2 N–H and O–H groups in total. The van der Waals surface area contributed by atoms with E-state index in [1.54, 1.807) is 18.2 Å². The number of benzene rings is 2. The van der Waals surface area contributed by atoms with Crippen molar-refractivity contribution in [3.63, 3.8) is 0 Å². The standard InChI is InChI=1S/C16H16ClNO2/c17-14-5-1-3-12(9-14)7-8-16(20)18-15-6-2-4-13(10-15)11-19/h1-6,9-10,19H,7-8,11H2,(H,18,20). The molecule has 104 valence electrons. The summed E-state index contributed by atoms with van der Waals surface area (Å²) in [6.07, 6.45) is 1.04. The van der Waals surface area contributed by atoms with Crippen LogP contribution >= 0.6 is 11.6 Å². The van der Waals surface area contributed by atoms with E-state index in [9.17, 15) is 4.79 Å². The van der Waals surface area contributed by atoms with Crippen molar-refractivity contribution in [2.45, 2.75) is 19.4 Å². The van der Waals surface area contributed by atoms with Gasteiger partial charge in [0.1, 0.15) is 0 Å². The zero-order valence-electron chi connectivity index (χ0n) is 11.0. The van der Waals surface area contributed by atoms with Gasteiger partial charge in [0.2, 0.25) is 5.91 Å². The first-order valence-electron chi connectivity index (χ1n) is 6.41. The van der Waals surface area contributed by atoms with E-state index in [1.165, 1.54) is 0 Å². The monoisotopic (exact) mass is 289 g/mol. The molecule has 2 rings (SSSR count). The molecule has 0 radical (unpaired) electrons. The molecule has 4 heteroatoms. The molecular weight excluding hydrogens is 274 g/mol. The zero-order valence-corrected chi connectivity index (χ0v) is 11.7. The second-order valence-electron chi connectivity index (χ2n) is 4.54. The van der Waals surface area contributed by atoms with Crippen LogP contribution in [0.15, 0.2) is 48.5 Å². The van der Waals surface area contributed by atoms with Gasteiger partial charge in [0.05, 0.1) is 6.61 Å². The highest BCUT2D eigenvalue weighted by atomic mass is 35.5. The van der Waals surface area contributed by atoms with Crippen molar-refractivity contribution in [1.29, 1.82) is 0 Å². The maximum atomic E-state index is 11.9. The first kappa shape index (κ1) is 14.6. The van der Waals surface area contributed by atoms with Crippen molar-refractivity contribution >= 4 is 23.2 Å². The van der Waals surface area contributed by atoms with Gasteiger partial charge in [0.25, 0.3) is 0 Å². The third-order valence-corrected chi connectivity index (χ3v) is 3.16. The highest BCUT2D eigenvalue weighted by Crippen LogP contribution is 2.14. The quantitative estimate of drug-likeness (QED) is 0.886. The number of aliphatic hydroxyl groups excluding tert-OH is 1. The number of rotatable bonds is 5. The number of halogens is 1. The van der Waals surface area contributed by atoms with E-state index in [1.807, 2.05) is 30.3 Å². The number of aryl methyl sites for hydroxylation is 1. The van der Waals surface area contributed by atoms with Gasteiger partial charge >= 0.3 is 0 Å². The molecule has 3 nitrogen and oxygen atoms in total. The molecule has 0 aromatic heterocycles. The van der Waals surface area contributed by atoms with Gasteiger partial charge in [-0.25, -0.2) is 0 Å². The average Bonchev–Trinajstić information content (AvgIpc) is 2.45. The SMILES string of the molecule is O=C(CCc1cccc(Cl)c1)Nc1cccc(CO)c1. The topological polar surface area (TPSA) is 49.3 Å². The lowest BCUT2D eigenvalue weighted by Gasteiger charge is -2.07. The van der Waals surface area contributed by atoms with Gasteiger partial charge in [-0.2, -0.15) is 0 Å². The number of aliphatic hydroxyl groups is 1. The number of anilines is 1. The second-order valence-corrected chi connectivity index (χ2v) is 4.97. The minimum Gasteiger partial charge on any atom is -0.392 e. The lowest BCUT2D eigenvalue weighted by Crippen LogP contribution is -2.12. The Balaban J connectivity index is 1.89. The Bertz CT molecular complexity index is 599. The number of hydrogen-bond acceptors (Lipinski definition) is 2. The minimum absolute atomic E-state index is 0.0355. The highest BCUT2D eigenvalue weighted by Gasteiger charge is 2.04. The molecule has 0 bridgehead atoms. The van der Waals surface area contributed by atoms with Crippen molar-refractivity contribution in [2.24, 2.45) is 0 Å². The van der Waals surface area contributed by atoms with Gasteiger partial charge in [-0.15, -0.1) is 0 Å². The second kappa shape index (κ2) is 7.08. The largest absolute Gasteiger partial charge is 0.392 e. The molecule has 0 aliphatic rings. The molecule has 0 saturated heterocycles. The van der Waals surface area contributed by atoms with Crippen LogP contribution in [0.3, 0.4) is 0 Å². The van der Waals surface area contributed by atoms with Crippen LogP contribution in [-0.2, 0) is 17.8 Å². The van der Waals surface area contributed by atoms with Crippen LogP contribution in [0.5, 0.6) is 0 Å². The summed E-state index contributed by atoms with van der Waals surface area (Å²) >= 11 is 5.90. The average molecular weight is 290 g/mol. The Morgan fingerprint density at radius 2 is 1.85 bits per heavy atom. The molecule has 0 atom stereocenters. The predicted molar refractivity (Wildman–Crippen MR) is 80.8 cm³/mol. The van der Waals surface area contributed by atoms with Gasteiger partial charge in [-0.05, 0) is 41.8 Å². The number of carbonyl (C=O) groups excluding carboxylic acids is 1. The van der Waals surface area contributed by atoms with Gasteiger partial charge in [0, 0.05) is 17.1 Å². The van der Waals surface area contributed by atoms with Crippen LogP contribution in [0, 0.1) is 0 Å². The molecular formula is C16H16ClNO2. The Kier molecular flexibility index (Phi) is 5.16. The zero-order chi connectivity index (χ0) is 14.4. The first-order valence-corrected chi connectivity index (χ1v) is 6.79. The van der Waals surface area contributed by atoms with E-state index in [2.05, 4.69) is 5.32 Å². The van der Waals surface area contributed by atoms with Crippen molar-refractivity contribution in [3.05, 3.63) is 64.7 Å². The third-order valence-electron chi connectivity index (χ3n) is 2.92. The fraction of sp³-hybridized carbons (Fsp3) is 0.188. The Hall–Kier alpha value is -1.84. The maximum Gasteiger partial charge on any atom is 0.224 e. The van der Waals surface area contributed by atoms with Crippen LogP contribution < -0.4 is 5.32 Å². The summed E-state index contributed by atoms with van der Waals surface area (Å²) in [5.41, 5.74) is 2.52. The summed E-state index contributed by atoms with van der Waals surface area (Å²) in [6.45, 7) is -0.0355. The van der Waals surface area contributed by atoms with E-state index < -0.39 is 0 Å². The van der Waals surface area contributed by atoms with E-state index >= 15 is 0 Å². The molecule has 1 amide bonds. The molecule has 2 aromatic rings. The van der Waals surface area contributed by atoms with Crippen molar-refractivity contribution in [1.82, 2.24) is 0 Å². The fourth-order valence-corrected chi connectivity index (χ4v) is 2.13. The lowest BCUT2D eigenvalue weighted by molar-refractivity contribution is -0.116. The van der Waals surface area contributed by atoms with Gasteiger partial charge in [-0.1, -0.05) is 35.9 Å². The molecule has 0 spiro atoms. The first-order chi connectivity index (χ1) is 9.67. The minimum atomic E-state index is -0.0555. The molecule has 0 fully saturated rings.